The highest BCUT2D eigenvalue weighted by atomic mass is 32.2. The molecule has 0 aliphatic rings. The predicted octanol–water partition coefficient (Wildman–Crippen LogP) is 3.77. The zero-order valence-electron chi connectivity index (χ0n) is 18.5. The van der Waals surface area contributed by atoms with Gasteiger partial charge in [-0.25, -0.2) is 4.79 Å². The first-order valence-electron chi connectivity index (χ1n) is 10.2. The molecule has 0 saturated heterocycles. The molecular formula is C23H27N5O3S. The lowest BCUT2D eigenvalue weighted by molar-refractivity contribution is -0.120. The van der Waals surface area contributed by atoms with E-state index >= 15 is 0 Å². The number of nitrogens with two attached hydrogens (primary N) is 1. The normalized spacial score (nSPS) is 11.9. The fourth-order valence-electron chi connectivity index (χ4n) is 3.27. The highest BCUT2D eigenvalue weighted by Gasteiger charge is 2.28. The maximum atomic E-state index is 12.5. The van der Waals surface area contributed by atoms with Crippen LogP contribution < -0.4 is 15.8 Å². The lowest BCUT2D eigenvalue weighted by Gasteiger charge is -2.19. The molecule has 1 aromatic heterocycles. The maximum absolute atomic E-state index is 12.5. The van der Waals surface area contributed by atoms with E-state index in [1.165, 1.54) is 11.8 Å². The third-order valence-electron chi connectivity index (χ3n) is 4.81. The Labute approximate surface area is 191 Å². The van der Waals surface area contributed by atoms with Crippen LogP contribution in [0.25, 0.3) is 5.69 Å². The number of para-hydroxylation sites is 2. The zero-order chi connectivity index (χ0) is 23.3. The number of nitrogens with zero attached hydrogens (tertiary/aromatic N) is 3. The van der Waals surface area contributed by atoms with Crippen molar-refractivity contribution in [3.63, 3.8) is 0 Å². The second-order valence-electron chi connectivity index (χ2n) is 7.72. The number of amides is 3. The van der Waals surface area contributed by atoms with Crippen molar-refractivity contribution in [2.45, 2.75) is 44.7 Å². The van der Waals surface area contributed by atoms with Crippen molar-refractivity contribution in [1.82, 2.24) is 20.1 Å². The Morgan fingerprint density at radius 1 is 1.06 bits per heavy atom. The summed E-state index contributed by atoms with van der Waals surface area (Å²) in [6, 6.07) is 14.7. The molecule has 8 nitrogen and oxygen atoms in total. The lowest BCUT2D eigenvalue weighted by atomic mass is 10.1. The number of rotatable bonds is 8. The van der Waals surface area contributed by atoms with E-state index in [4.69, 9.17) is 10.5 Å². The number of hydrogen-bond donors (Lipinski definition) is 2. The van der Waals surface area contributed by atoms with Crippen LogP contribution in [0.2, 0.25) is 0 Å². The van der Waals surface area contributed by atoms with Gasteiger partial charge in [-0.3, -0.25) is 14.7 Å². The molecule has 0 radical (unpaired) electrons. The minimum absolute atomic E-state index is 0.0745. The van der Waals surface area contributed by atoms with E-state index in [-0.39, 0.29) is 12.5 Å². The standard InChI is InChI=1S/C23H27N5O3S/c1-14(2)20(21(29)25-22(24)30)32-23-27-26-18(28(23)17-11-6-5-7-12-17)13-31-19-15(3)9-8-10-16(19)4/h5-12,14,20H,13H2,1-4H3,(H3,24,25,29,30)/t20-/m0/s1. The lowest BCUT2D eigenvalue weighted by Crippen LogP contribution is -2.42. The molecule has 0 fully saturated rings. The molecule has 3 aromatic rings. The van der Waals surface area contributed by atoms with Crippen molar-refractivity contribution in [1.29, 1.82) is 0 Å². The number of urea groups is 1. The van der Waals surface area contributed by atoms with Gasteiger partial charge in [0.2, 0.25) is 5.91 Å². The van der Waals surface area contributed by atoms with E-state index in [1.807, 2.05) is 80.8 Å². The van der Waals surface area contributed by atoms with E-state index < -0.39 is 17.2 Å². The van der Waals surface area contributed by atoms with Gasteiger partial charge in [0.05, 0.1) is 5.25 Å². The van der Waals surface area contributed by atoms with Crippen LogP contribution in [0.15, 0.2) is 53.7 Å². The number of ether oxygens (including phenoxy) is 1. The Morgan fingerprint density at radius 3 is 2.31 bits per heavy atom. The van der Waals surface area contributed by atoms with E-state index in [9.17, 15) is 9.59 Å². The Bertz CT molecular complexity index is 1080. The minimum Gasteiger partial charge on any atom is -0.485 e. The fourth-order valence-corrected chi connectivity index (χ4v) is 4.34. The summed E-state index contributed by atoms with van der Waals surface area (Å²) in [5.74, 6) is 0.868. The molecule has 0 saturated carbocycles. The number of aryl methyl sites for hydroxylation is 2. The number of carbonyl (C=O) groups is 2. The van der Waals surface area contributed by atoms with Crippen molar-refractivity contribution in [3.8, 4) is 11.4 Å². The third kappa shape index (κ3) is 5.47. The van der Waals surface area contributed by atoms with Gasteiger partial charge < -0.3 is 10.5 Å². The smallest absolute Gasteiger partial charge is 0.318 e. The van der Waals surface area contributed by atoms with Gasteiger partial charge in [0.1, 0.15) is 12.4 Å². The summed E-state index contributed by atoms with van der Waals surface area (Å²) in [6.07, 6.45) is 0. The Hall–Kier alpha value is -3.33. The molecule has 2 aromatic carbocycles. The number of hydrogen-bond acceptors (Lipinski definition) is 6. The van der Waals surface area contributed by atoms with E-state index in [0.29, 0.717) is 11.0 Å². The van der Waals surface area contributed by atoms with E-state index in [0.717, 1.165) is 22.6 Å². The van der Waals surface area contributed by atoms with Crippen molar-refractivity contribution >= 4 is 23.7 Å². The minimum atomic E-state index is -0.881. The molecule has 3 N–H and O–H groups in total. The molecule has 3 rings (SSSR count). The number of carbonyl (C=O) groups excluding carboxylic acids is 2. The molecule has 0 unspecified atom stereocenters. The Morgan fingerprint density at radius 2 is 1.72 bits per heavy atom. The molecule has 168 valence electrons. The summed E-state index contributed by atoms with van der Waals surface area (Å²) in [6.45, 7) is 7.99. The Kier molecular flexibility index (Phi) is 7.53. The van der Waals surface area contributed by atoms with Crippen LogP contribution in [-0.4, -0.2) is 32.0 Å². The summed E-state index contributed by atoms with van der Waals surface area (Å²) in [5.41, 5.74) is 8.06. The van der Waals surface area contributed by atoms with Crippen LogP contribution in [0.4, 0.5) is 4.79 Å². The number of imide groups is 1. The largest absolute Gasteiger partial charge is 0.485 e. The number of nitrogens with one attached hydrogen (secondary N) is 1. The highest BCUT2D eigenvalue weighted by Crippen LogP contribution is 2.30. The van der Waals surface area contributed by atoms with Crippen LogP contribution in [0.5, 0.6) is 5.75 Å². The molecule has 1 heterocycles. The first-order valence-corrected chi connectivity index (χ1v) is 11.1. The first kappa shape index (κ1) is 23.3. The predicted molar refractivity (Wildman–Crippen MR) is 124 cm³/mol. The van der Waals surface area contributed by atoms with Crippen LogP contribution in [-0.2, 0) is 11.4 Å². The molecule has 1 atom stereocenters. The van der Waals surface area contributed by atoms with Crippen LogP contribution in [0, 0.1) is 19.8 Å². The second kappa shape index (κ2) is 10.3. The molecule has 0 aliphatic heterocycles. The van der Waals surface area contributed by atoms with Crippen LogP contribution in [0.3, 0.4) is 0 Å². The third-order valence-corrected chi connectivity index (χ3v) is 6.30. The van der Waals surface area contributed by atoms with Gasteiger partial charge in [0, 0.05) is 5.69 Å². The zero-order valence-corrected chi connectivity index (χ0v) is 19.3. The summed E-state index contributed by atoms with van der Waals surface area (Å²) in [5, 5.41) is 10.8. The summed E-state index contributed by atoms with van der Waals surface area (Å²) in [4.78, 5) is 23.7. The van der Waals surface area contributed by atoms with Crippen molar-refractivity contribution in [3.05, 3.63) is 65.5 Å². The van der Waals surface area contributed by atoms with Gasteiger partial charge in [-0.2, -0.15) is 0 Å². The number of primary amides is 1. The van der Waals surface area contributed by atoms with Crippen molar-refractivity contribution in [2.24, 2.45) is 11.7 Å². The topological polar surface area (TPSA) is 112 Å². The van der Waals surface area contributed by atoms with E-state index in [1.54, 1.807) is 0 Å². The number of thioether (sulfide) groups is 1. The fraction of sp³-hybridized carbons (Fsp3) is 0.304. The monoisotopic (exact) mass is 453 g/mol. The first-order chi connectivity index (χ1) is 15.3. The quantitative estimate of drug-likeness (QED) is 0.502. The average molecular weight is 454 g/mol. The maximum Gasteiger partial charge on any atom is 0.318 e. The SMILES string of the molecule is Cc1cccc(C)c1OCc1nnc(S[C@H](C(=O)NC(N)=O)C(C)C)n1-c1ccccc1. The molecule has 3 amide bonds. The highest BCUT2D eigenvalue weighted by molar-refractivity contribution is 8.00. The van der Waals surface area contributed by atoms with Gasteiger partial charge in [-0.1, -0.05) is 62.0 Å². The number of aromatic nitrogens is 3. The molecule has 32 heavy (non-hydrogen) atoms. The summed E-state index contributed by atoms with van der Waals surface area (Å²) >= 11 is 1.23. The van der Waals surface area contributed by atoms with Gasteiger partial charge in [-0.05, 0) is 43.0 Å². The summed E-state index contributed by atoms with van der Waals surface area (Å²) in [7, 11) is 0. The van der Waals surface area contributed by atoms with Gasteiger partial charge in [0.25, 0.3) is 0 Å². The van der Waals surface area contributed by atoms with Gasteiger partial charge in [-0.15, -0.1) is 10.2 Å². The summed E-state index contributed by atoms with van der Waals surface area (Å²) < 4.78 is 7.97. The Balaban J connectivity index is 1.94. The molecule has 0 bridgehead atoms. The number of benzene rings is 2. The van der Waals surface area contributed by atoms with Gasteiger partial charge in [0.15, 0.2) is 11.0 Å². The molecular weight excluding hydrogens is 426 g/mol. The molecule has 0 aliphatic carbocycles. The second-order valence-corrected chi connectivity index (χ2v) is 8.82. The average Bonchev–Trinajstić information content (AvgIpc) is 3.14. The van der Waals surface area contributed by atoms with E-state index in [2.05, 4.69) is 15.5 Å². The van der Waals surface area contributed by atoms with Gasteiger partial charge >= 0.3 is 6.03 Å². The van der Waals surface area contributed by atoms with Crippen molar-refractivity contribution < 1.29 is 14.3 Å². The van der Waals surface area contributed by atoms with Crippen molar-refractivity contribution in [2.75, 3.05) is 0 Å². The molecule has 0 spiro atoms. The van der Waals surface area contributed by atoms with Crippen LogP contribution in [0.1, 0.15) is 30.8 Å². The van der Waals surface area contributed by atoms with Crippen LogP contribution >= 0.6 is 11.8 Å². The molecule has 9 heteroatoms.